The monoisotopic (exact) mass is 336 g/mol. The molecule has 0 radical (unpaired) electrons. The predicted molar refractivity (Wildman–Crippen MR) is 61.0 cm³/mol. The maximum atomic E-state index is 10.7. The molecule has 0 saturated heterocycles. The number of aliphatic hydroxyl groups is 3. The summed E-state index contributed by atoms with van der Waals surface area (Å²) in [4.78, 5) is 34.3. The molecule has 0 heterocycles. The van der Waals surface area contributed by atoms with Gasteiger partial charge in [0.05, 0.1) is 6.61 Å². The van der Waals surface area contributed by atoms with Crippen molar-refractivity contribution in [2.75, 3.05) is 6.61 Å². The van der Waals surface area contributed by atoms with E-state index in [4.69, 9.17) is 19.6 Å². The van der Waals surface area contributed by atoms with E-state index in [1.54, 1.807) is 0 Å². The summed E-state index contributed by atoms with van der Waals surface area (Å²) in [6.45, 7) is -0.823. The molecule has 0 aromatic heterocycles. The van der Waals surface area contributed by atoms with Crippen LogP contribution < -0.4 is 0 Å². The highest BCUT2D eigenvalue weighted by Gasteiger charge is 2.41. The fourth-order valence-corrected chi connectivity index (χ4v) is 2.37. The number of phosphoric ester groups is 2. The lowest BCUT2D eigenvalue weighted by molar-refractivity contribution is -0.0927. The van der Waals surface area contributed by atoms with Crippen molar-refractivity contribution in [1.29, 1.82) is 0 Å². The van der Waals surface area contributed by atoms with Gasteiger partial charge in [0.15, 0.2) is 0 Å². The summed E-state index contributed by atoms with van der Waals surface area (Å²) in [6.07, 6.45) is -6.29. The third-order valence-electron chi connectivity index (χ3n) is 2.43. The molecule has 1 aliphatic rings. The lowest BCUT2D eigenvalue weighted by Gasteiger charge is -2.34. The van der Waals surface area contributed by atoms with Crippen molar-refractivity contribution in [3.8, 4) is 0 Å². The summed E-state index contributed by atoms with van der Waals surface area (Å²) < 4.78 is 29.5. The SMILES string of the molecule is O=P(O)(O)OCC1=C[C@H](OP(=O)(O)O)[C@H](O)[C@@H](O)[C@@H]1O. The molecule has 11 nitrogen and oxygen atoms in total. The van der Waals surface area contributed by atoms with Crippen molar-refractivity contribution in [3.05, 3.63) is 11.6 Å². The van der Waals surface area contributed by atoms with E-state index < -0.39 is 46.7 Å². The summed E-state index contributed by atoms with van der Waals surface area (Å²) in [6, 6.07) is 0. The maximum absolute atomic E-state index is 10.7. The third kappa shape index (κ3) is 5.32. The van der Waals surface area contributed by atoms with Crippen molar-refractivity contribution < 1.29 is 53.1 Å². The van der Waals surface area contributed by atoms with Gasteiger partial charge in [0.2, 0.25) is 0 Å². The van der Waals surface area contributed by atoms with Gasteiger partial charge >= 0.3 is 15.6 Å². The summed E-state index contributed by atoms with van der Waals surface area (Å²) in [5.41, 5.74) is -0.301. The quantitative estimate of drug-likeness (QED) is 0.209. The Morgan fingerprint density at radius 1 is 1.00 bits per heavy atom. The van der Waals surface area contributed by atoms with Gasteiger partial charge in [-0.3, -0.25) is 9.05 Å². The van der Waals surface area contributed by atoms with E-state index in [0.717, 1.165) is 6.08 Å². The smallest absolute Gasteiger partial charge is 0.387 e. The molecule has 13 heteroatoms. The molecule has 0 aliphatic heterocycles. The molecular formula is C7H14O11P2. The normalized spacial score (nSPS) is 32.0. The van der Waals surface area contributed by atoms with Gasteiger partial charge in [-0.2, -0.15) is 0 Å². The largest absolute Gasteiger partial charge is 0.470 e. The lowest BCUT2D eigenvalue weighted by Crippen LogP contribution is -2.49. The molecule has 0 amide bonds. The van der Waals surface area contributed by atoms with E-state index >= 15 is 0 Å². The summed E-state index contributed by atoms with van der Waals surface area (Å²) in [7, 11) is -9.83. The first-order chi connectivity index (χ1) is 8.91. The van der Waals surface area contributed by atoms with Crippen LogP contribution in [-0.2, 0) is 18.2 Å². The Morgan fingerprint density at radius 3 is 2.00 bits per heavy atom. The molecule has 0 aromatic rings. The van der Waals surface area contributed by atoms with Crippen LogP contribution in [-0.4, -0.2) is 65.9 Å². The Hall–Kier alpha value is -0.160. The minimum absolute atomic E-state index is 0.301. The molecule has 7 N–H and O–H groups in total. The molecule has 118 valence electrons. The number of hydrogen-bond donors (Lipinski definition) is 7. The van der Waals surface area contributed by atoms with Crippen LogP contribution in [0.1, 0.15) is 0 Å². The molecule has 0 unspecified atom stereocenters. The van der Waals surface area contributed by atoms with Gasteiger partial charge in [-0.1, -0.05) is 0 Å². The van der Waals surface area contributed by atoms with E-state index in [1.165, 1.54) is 0 Å². The minimum Gasteiger partial charge on any atom is -0.387 e. The zero-order chi connectivity index (χ0) is 15.7. The maximum Gasteiger partial charge on any atom is 0.470 e. The van der Waals surface area contributed by atoms with Crippen molar-refractivity contribution in [2.24, 2.45) is 0 Å². The van der Waals surface area contributed by atoms with E-state index in [9.17, 15) is 24.4 Å². The highest BCUT2D eigenvalue weighted by molar-refractivity contribution is 7.46. The second-order valence-corrected chi connectivity index (χ2v) is 6.42. The first-order valence-electron chi connectivity index (χ1n) is 5.09. The molecule has 1 aliphatic carbocycles. The van der Waals surface area contributed by atoms with Crippen molar-refractivity contribution in [2.45, 2.75) is 24.4 Å². The van der Waals surface area contributed by atoms with Gasteiger partial charge in [0.25, 0.3) is 0 Å². The topological polar surface area (TPSA) is 194 Å². The molecule has 0 saturated carbocycles. The first-order valence-corrected chi connectivity index (χ1v) is 8.15. The van der Waals surface area contributed by atoms with Crippen molar-refractivity contribution in [1.82, 2.24) is 0 Å². The Kier molecular flexibility index (Phi) is 5.64. The van der Waals surface area contributed by atoms with Gasteiger partial charge in [-0.05, 0) is 11.6 Å². The van der Waals surface area contributed by atoms with Crippen LogP contribution in [0, 0.1) is 0 Å². The molecule has 0 fully saturated rings. The lowest BCUT2D eigenvalue weighted by atomic mass is 9.90. The van der Waals surface area contributed by atoms with Gasteiger partial charge in [0, 0.05) is 0 Å². The van der Waals surface area contributed by atoms with Gasteiger partial charge in [-0.25, -0.2) is 9.13 Å². The van der Waals surface area contributed by atoms with Gasteiger partial charge < -0.3 is 34.9 Å². The van der Waals surface area contributed by atoms with Crippen LogP contribution in [0.5, 0.6) is 0 Å². The summed E-state index contributed by atoms with van der Waals surface area (Å²) >= 11 is 0. The predicted octanol–water partition coefficient (Wildman–Crippen LogP) is -2.40. The van der Waals surface area contributed by atoms with Crippen LogP contribution >= 0.6 is 15.6 Å². The molecular weight excluding hydrogens is 322 g/mol. The summed E-state index contributed by atoms with van der Waals surface area (Å²) in [5, 5.41) is 28.5. The number of rotatable bonds is 5. The average Bonchev–Trinajstić information content (AvgIpc) is 2.25. The van der Waals surface area contributed by atoms with E-state index in [0.29, 0.717) is 0 Å². The highest BCUT2D eigenvalue weighted by Crippen LogP contribution is 2.41. The fourth-order valence-electron chi connectivity index (χ4n) is 1.55. The van der Waals surface area contributed by atoms with E-state index in [1.807, 2.05) is 0 Å². The molecule has 20 heavy (non-hydrogen) atoms. The number of phosphoric acid groups is 2. The third-order valence-corrected chi connectivity index (χ3v) is 3.41. The van der Waals surface area contributed by atoms with Crippen molar-refractivity contribution >= 4 is 15.6 Å². The standard InChI is InChI=1S/C7H14O11P2/c8-5-3(2-17-19(11,12)13)1-4(6(9)7(5)10)18-20(14,15)16/h1,4-10H,2H2,(H2,11,12,13)(H2,14,15,16)/t4-,5+,6-,7-/m0/s1. The van der Waals surface area contributed by atoms with Crippen LogP contribution in [0.15, 0.2) is 11.6 Å². The molecule has 0 bridgehead atoms. The van der Waals surface area contributed by atoms with Gasteiger partial charge in [-0.15, -0.1) is 0 Å². The average molecular weight is 336 g/mol. The Morgan fingerprint density at radius 2 is 1.55 bits per heavy atom. The number of hydrogen-bond acceptors (Lipinski definition) is 7. The van der Waals surface area contributed by atoms with E-state index in [-0.39, 0.29) is 5.57 Å². The molecule has 1 rings (SSSR count). The molecule has 0 spiro atoms. The molecule has 0 aromatic carbocycles. The Bertz CT molecular complexity index is 463. The number of aliphatic hydroxyl groups excluding tert-OH is 3. The van der Waals surface area contributed by atoms with Gasteiger partial charge in [0.1, 0.15) is 24.4 Å². The van der Waals surface area contributed by atoms with E-state index in [2.05, 4.69) is 9.05 Å². The van der Waals surface area contributed by atoms with Crippen molar-refractivity contribution in [3.63, 3.8) is 0 Å². The molecule has 4 atom stereocenters. The van der Waals surface area contributed by atoms with Crippen LogP contribution in [0.25, 0.3) is 0 Å². The fraction of sp³-hybridized carbons (Fsp3) is 0.714. The van der Waals surface area contributed by atoms with Crippen LogP contribution in [0.3, 0.4) is 0 Å². The summed E-state index contributed by atoms with van der Waals surface area (Å²) in [5.74, 6) is 0. The zero-order valence-electron chi connectivity index (χ0n) is 9.75. The zero-order valence-corrected chi connectivity index (χ0v) is 11.5. The van der Waals surface area contributed by atoms with Crippen LogP contribution in [0.4, 0.5) is 0 Å². The minimum atomic E-state index is -4.99. The Labute approximate surface area is 112 Å². The van der Waals surface area contributed by atoms with Crippen LogP contribution in [0.2, 0.25) is 0 Å². The Balaban J connectivity index is 2.92. The highest BCUT2D eigenvalue weighted by atomic mass is 31.2. The first kappa shape index (κ1) is 17.9. The second kappa shape index (κ2) is 6.30. The second-order valence-electron chi connectivity index (χ2n) is 3.99.